The number of amides is 1. The van der Waals surface area contributed by atoms with Crippen LogP contribution in [0.2, 0.25) is 0 Å². The molecule has 0 bridgehead atoms. The maximum Gasteiger partial charge on any atom is 0.222 e. The number of hydrogen-bond acceptors (Lipinski definition) is 2. The van der Waals surface area contributed by atoms with Gasteiger partial charge in [-0.15, -0.1) is 12.4 Å². The van der Waals surface area contributed by atoms with Crippen molar-refractivity contribution in [3.63, 3.8) is 0 Å². The maximum atomic E-state index is 12.6. The lowest BCUT2D eigenvalue weighted by atomic mass is 9.73. The van der Waals surface area contributed by atoms with Crippen molar-refractivity contribution in [3.8, 4) is 0 Å². The molecule has 3 rings (SSSR count). The van der Waals surface area contributed by atoms with Gasteiger partial charge in [0.25, 0.3) is 0 Å². The molecule has 1 unspecified atom stereocenters. The van der Waals surface area contributed by atoms with Gasteiger partial charge in [0.05, 0.1) is 0 Å². The fraction of sp³-hybridized carbons (Fsp3) is 0.944. The van der Waals surface area contributed by atoms with Crippen molar-refractivity contribution in [3.05, 3.63) is 0 Å². The van der Waals surface area contributed by atoms with E-state index in [1.54, 1.807) is 0 Å². The lowest BCUT2D eigenvalue weighted by Gasteiger charge is -2.33. The smallest absolute Gasteiger partial charge is 0.222 e. The van der Waals surface area contributed by atoms with Crippen LogP contribution in [0.15, 0.2) is 0 Å². The van der Waals surface area contributed by atoms with Crippen LogP contribution < -0.4 is 5.32 Å². The second-order valence-corrected chi connectivity index (χ2v) is 7.89. The van der Waals surface area contributed by atoms with Gasteiger partial charge in [-0.2, -0.15) is 0 Å². The molecule has 2 heterocycles. The van der Waals surface area contributed by atoms with Crippen LogP contribution in [0.1, 0.15) is 64.7 Å². The lowest BCUT2D eigenvalue weighted by molar-refractivity contribution is -0.132. The molecule has 1 atom stereocenters. The van der Waals surface area contributed by atoms with Crippen molar-refractivity contribution in [2.45, 2.75) is 64.7 Å². The highest BCUT2D eigenvalue weighted by molar-refractivity contribution is 5.85. The third kappa shape index (κ3) is 4.17. The van der Waals surface area contributed by atoms with Gasteiger partial charge in [0.2, 0.25) is 5.91 Å². The van der Waals surface area contributed by atoms with Crippen molar-refractivity contribution in [1.82, 2.24) is 10.2 Å². The molecule has 0 aromatic rings. The Morgan fingerprint density at radius 3 is 2.55 bits per heavy atom. The van der Waals surface area contributed by atoms with E-state index >= 15 is 0 Å². The Balaban J connectivity index is 0.00000176. The van der Waals surface area contributed by atoms with E-state index in [4.69, 9.17) is 0 Å². The Bertz CT molecular complexity index is 362. The number of piperidine rings is 1. The molecular formula is C18H33ClN2O. The average Bonchev–Trinajstić information content (AvgIpc) is 2.92. The van der Waals surface area contributed by atoms with E-state index in [0.29, 0.717) is 17.2 Å². The van der Waals surface area contributed by atoms with E-state index in [1.165, 1.54) is 51.4 Å². The fourth-order valence-electron chi connectivity index (χ4n) is 4.84. The summed E-state index contributed by atoms with van der Waals surface area (Å²) < 4.78 is 0. The van der Waals surface area contributed by atoms with Gasteiger partial charge in [-0.1, -0.05) is 26.2 Å². The Morgan fingerprint density at radius 2 is 1.86 bits per heavy atom. The number of rotatable bonds is 3. The number of carbonyl (C=O) groups excluding carboxylic acids is 1. The molecule has 3 nitrogen and oxygen atoms in total. The summed E-state index contributed by atoms with van der Waals surface area (Å²) in [5.41, 5.74) is 0.506. The first-order chi connectivity index (χ1) is 10.2. The third-order valence-corrected chi connectivity index (χ3v) is 6.39. The first kappa shape index (κ1) is 18.1. The van der Waals surface area contributed by atoms with Crippen LogP contribution in [0.4, 0.5) is 0 Å². The zero-order valence-corrected chi connectivity index (χ0v) is 14.9. The van der Waals surface area contributed by atoms with E-state index in [1.807, 2.05) is 0 Å². The van der Waals surface area contributed by atoms with Crippen molar-refractivity contribution in [2.24, 2.45) is 17.3 Å². The number of nitrogens with one attached hydrogen (secondary N) is 1. The van der Waals surface area contributed by atoms with Crippen LogP contribution in [0, 0.1) is 17.3 Å². The first-order valence-corrected chi connectivity index (χ1v) is 9.17. The number of nitrogens with zero attached hydrogens (tertiary/aromatic N) is 1. The summed E-state index contributed by atoms with van der Waals surface area (Å²) in [5, 5.41) is 3.42. The van der Waals surface area contributed by atoms with Crippen molar-refractivity contribution >= 4 is 18.3 Å². The van der Waals surface area contributed by atoms with Crippen LogP contribution in [0.25, 0.3) is 0 Å². The van der Waals surface area contributed by atoms with E-state index in [-0.39, 0.29) is 12.4 Å². The zero-order valence-electron chi connectivity index (χ0n) is 14.1. The number of carbonyl (C=O) groups is 1. The molecule has 1 N–H and O–H groups in total. The summed E-state index contributed by atoms with van der Waals surface area (Å²) in [6.07, 6.45) is 11.4. The number of halogens is 1. The average molecular weight is 329 g/mol. The summed E-state index contributed by atoms with van der Waals surface area (Å²) >= 11 is 0. The molecule has 4 heteroatoms. The molecule has 3 fully saturated rings. The minimum Gasteiger partial charge on any atom is -0.342 e. The van der Waals surface area contributed by atoms with Gasteiger partial charge < -0.3 is 10.2 Å². The predicted octanol–water partition coefficient (Wildman–Crippen LogP) is 3.62. The third-order valence-electron chi connectivity index (χ3n) is 6.39. The molecule has 0 aromatic carbocycles. The normalized spacial score (nSPS) is 26.7. The highest BCUT2D eigenvalue weighted by atomic mass is 35.5. The first-order valence-electron chi connectivity index (χ1n) is 9.17. The standard InChI is InChI=1S/C18H32N2O.ClH/c1-15(16-5-10-19-11-6-16)13-17(21)20-12-9-18(14-20)7-3-2-4-8-18;/h15-16,19H,2-14H2,1H3;1H. The summed E-state index contributed by atoms with van der Waals surface area (Å²) in [4.78, 5) is 14.8. The van der Waals surface area contributed by atoms with Crippen LogP contribution in [0.5, 0.6) is 0 Å². The maximum absolute atomic E-state index is 12.6. The summed E-state index contributed by atoms with van der Waals surface area (Å²) in [6.45, 7) is 6.65. The summed E-state index contributed by atoms with van der Waals surface area (Å²) in [5.74, 6) is 1.74. The second-order valence-electron chi connectivity index (χ2n) is 7.89. The molecule has 2 saturated heterocycles. The van der Waals surface area contributed by atoms with Gasteiger partial charge in [0, 0.05) is 19.5 Å². The lowest BCUT2D eigenvalue weighted by Crippen LogP contribution is -2.36. The van der Waals surface area contributed by atoms with Gasteiger partial charge in [-0.05, 0) is 62.4 Å². The molecule has 1 saturated carbocycles. The Hall–Kier alpha value is -0.280. The van der Waals surface area contributed by atoms with Crippen LogP contribution in [0.3, 0.4) is 0 Å². The molecular weight excluding hydrogens is 296 g/mol. The van der Waals surface area contributed by atoms with Crippen molar-refractivity contribution in [2.75, 3.05) is 26.2 Å². The minimum absolute atomic E-state index is 0. The van der Waals surface area contributed by atoms with Gasteiger partial charge in [-0.25, -0.2) is 0 Å². The molecule has 1 spiro atoms. The summed E-state index contributed by atoms with van der Waals surface area (Å²) in [7, 11) is 0. The Morgan fingerprint density at radius 1 is 1.18 bits per heavy atom. The topological polar surface area (TPSA) is 32.3 Å². The number of likely N-dealkylation sites (tertiary alicyclic amines) is 1. The molecule has 1 aliphatic carbocycles. The largest absolute Gasteiger partial charge is 0.342 e. The van der Waals surface area contributed by atoms with Crippen LogP contribution in [-0.4, -0.2) is 37.0 Å². The predicted molar refractivity (Wildman–Crippen MR) is 93.3 cm³/mol. The van der Waals surface area contributed by atoms with E-state index in [0.717, 1.165) is 38.5 Å². The van der Waals surface area contributed by atoms with Crippen LogP contribution in [-0.2, 0) is 4.79 Å². The highest BCUT2D eigenvalue weighted by Crippen LogP contribution is 2.44. The highest BCUT2D eigenvalue weighted by Gasteiger charge is 2.40. The summed E-state index contributed by atoms with van der Waals surface area (Å²) in [6, 6.07) is 0. The van der Waals surface area contributed by atoms with Crippen LogP contribution >= 0.6 is 12.4 Å². The Kier molecular flexibility index (Phi) is 6.58. The van der Waals surface area contributed by atoms with Crippen molar-refractivity contribution in [1.29, 1.82) is 0 Å². The minimum atomic E-state index is 0. The molecule has 1 amide bonds. The van der Waals surface area contributed by atoms with Crippen molar-refractivity contribution < 1.29 is 4.79 Å². The van der Waals surface area contributed by atoms with E-state index in [2.05, 4.69) is 17.1 Å². The van der Waals surface area contributed by atoms with E-state index in [9.17, 15) is 4.79 Å². The van der Waals surface area contributed by atoms with Gasteiger partial charge in [-0.3, -0.25) is 4.79 Å². The molecule has 22 heavy (non-hydrogen) atoms. The van der Waals surface area contributed by atoms with Gasteiger partial charge in [0.15, 0.2) is 0 Å². The molecule has 0 aromatic heterocycles. The number of hydrogen-bond donors (Lipinski definition) is 1. The monoisotopic (exact) mass is 328 g/mol. The quantitative estimate of drug-likeness (QED) is 0.858. The van der Waals surface area contributed by atoms with Gasteiger partial charge in [0.1, 0.15) is 0 Å². The molecule has 3 aliphatic rings. The Labute approximate surface area is 142 Å². The van der Waals surface area contributed by atoms with Gasteiger partial charge >= 0.3 is 0 Å². The SMILES string of the molecule is CC(CC(=O)N1CCC2(CCCCC2)C1)C1CCNCC1.Cl. The zero-order chi connectivity index (χ0) is 14.7. The molecule has 0 radical (unpaired) electrons. The molecule has 2 aliphatic heterocycles. The van der Waals surface area contributed by atoms with E-state index < -0.39 is 0 Å². The second kappa shape index (κ2) is 8.01. The fourth-order valence-corrected chi connectivity index (χ4v) is 4.84. The molecule has 128 valence electrons.